The van der Waals surface area contributed by atoms with Crippen LogP contribution in [-0.2, 0) is 9.59 Å². The summed E-state index contributed by atoms with van der Waals surface area (Å²) in [6.07, 6.45) is 0.420. The van der Waals surface area contributed by atoms with Gasteiger partial charge in [0.2, 0.25) is 5.91 Å². The number of nitrogens with zero attached hydrogens (tertiary/aromatic N) is 2. The Kier molecular flexibility index (Phi) is 5.69. The number of rotatable bonds is 6. The minimum atomic E-state index is -0.950. The minimum absolute atomic E-state index is 0.0262. The minimum Gasteiger partial charge on any atom is -0.480 e. The van der Waals surface area contributed by atoms with Gasteiger partial charge < -0.3 is 10.4 Å². The van der Waals surface area contributed by atoms with Gasteiger partial charge in [0.25, 0.3) is 0 Å². The van der Waals surface area contributed by atoms with E-state index in [4.69, 9.17) is 10.4 Å². The Labute approximate surface area is 117 Å². The second-order valence-corrected chi connectivity index (χ2v) is 4.42. The summed E-state index contributed by atoms with van der Waals surface area (Å²) >= 11 is 0. The van der Waals surface area contributed by atoms with E-state index in [0.717, 1.165) is 0 Å². The van der Waals surface area contributed by atoms with E-state index in [-0.39, 0.29) is 12.5 Å². The van der Waals surface area contributed by atoms with Crippen molar-refractivity contribution in [2.45, 2.75) is 19.4 Å². The number of carbonyl (C=O) groups excluding carboxylic acids is 1. The maximum Gasteiger partial charge on any atom is 0.320 e. The zero-order valence-corrected chi connectivity index (χ0v) is 11.5. The molecule has 0 saturated heterocycles. The lowest BCUT2D eigenvalue weighted by Gasteiger charge is -2.22. The van der Waals surface area contributed by atoms with Crippen LogP contribution < -0.4 is 5.32 Å². The third-order valence-electron chi connectivity index (χ3n) is 2.87. The van der Waals surface area contributed by atoms with Gasteiger partial charge in [-0.05, 0) is 31.7 Å². The lowest BCUT2D eigenvalue weighted by atomic mass is 10.2. The summed E-state index contributed by atoms with van der Waals surface area (Å²) in [7, 11) is 1.59. The fourth-order valence-corrected chi connectivity index (χ4v) is 1.88. The molecule has 0 radical (unpaired) electrons. The summed E-state index contributed by atoms with van der Waals surface area (Å²) in [5.41, 5.74) is 0.971. The summed E-state index contributed by atoms with van der Waals surface area (Å²) in [5.74, 6) is -1.27. The van der Waals surface area contributed by atoms with Crippen molar-refractivity contribution in [3.8, 4) is 6.07 Å². The number of nitrogens with one attached hydrogen (secondary N) is 1. The van der Waals surface area contributed by atoms with Crippen LogP contribution in [0.5, 0.6) is 0 Å². The highest BCUT2D eigenvalue weighted by Gasteiger charge is 2.22. The maximum atomic E-state index is 11.8. The van der Waals surface area contributed by atoms with Crippen LogP contribution in [0.3, 0.4) is 0 Å². The van der Waals surface area contributed by atoms with Crippen molar-refractivity contribution in [1.82, 2.24) is 4.90 Å². The lowest BCUT2D eigenvalue weighted by Crippen LogP contribution is -2.42. The molecule has 0 aliphatic carbocycles. The largest absolute Gasteiger partial charge is 0.480 e. The number of amides is 1. The number of aliphatic carboxylic acids is 1. The Bertz CT molecular complexity index is 537. The van der Waals surface area contributed by atoms with Gasteiger partial charge in [0.05, 0.1) is 18.2 Å². The van der Waals surface area contributed by atoms with Gasteiger partial charge in [0, 0.05) is 5.69 Å². The first-order valence-electron chi connectivity index (χ1n) is 6.21. The van der Waals surface area contributed by atoms with E-state index in [1.54, 1.807) is 38.2 Å². The second-order valence-electron chi connectivity index (χ2n) is 4.42. The van der Waals surface area contributed by atoms with Crippen LogP contribution in [0.2, 0.25) is 0 Å². The third kappa shape index (κ3) is 4.37. The van der Waals surface area contributed by atoms with Crippen molar-refractivity contribution < 1.29 is 14.7 Å². The molecule has 0 saturated carbocycles. The van der Waals surface area contributed by atoms with Crippen LogP contribution >= 0.6 is 0 Å². The quantitative estimate of drug-likeness (QED) is 0.816. The van der Waals surface area contributed by atoms with Gasteiger partial charge in [-0.2, -0.15) is 5.26 Å². The molecule has 1 atom stereocenters. The Hall–Kier alpha value is -2.39. The SMILES string of the molecule is CCC(C(=O)O)N(C)CC(=O)Nc1cccc(C#N)c1. The number of carboxylic acids is 1. The van der Waals surface area contributed by atoms with Gasteiger partial charge in [-0.1, -0.05) is 13.0 Å². The molecule has 1 amide bonds. The molecule has 0 aliphatic heterocycles. The average Bonchev–Trinajstić information content (AvgIpc) is 2.38. The van der Waals surface area contributed by atoms with Gasteiger partial charge in [-0.15, -0.1) is 0 Å². The number of anilines is 1. The van der Waals surface area contributed by atoms with E-state index in [2.05, 4.69) is 5.32 Å². The van der Waals surface area contributed by atoms with Crippen molar-refractivity contribution in [2.24, 2.45) is 0 Å². The fourth-order valence-electron chi connectivity index (χ4n) is 1.88. The van der Waals surface area contributed by atoms with Crippen LogP contribution in [0.1, 0.15) is 18.9 Å². The van der Waals surface area contributed by atoms with Crippen LogP contribution in [0.25, 0.3) is 0 Å². The van der Waals surface area contributed by atoms with Gasteiger partial charge in [-0.25, -0.2) is 0 Å². The van der Waals surface area contributed by atoms with Crippen molar-refractivity contribution in [2.75, 3.05) is 18.9 Å². The molecular formula is C14H17N3O3. The highest BCUT2D eigenvalue weighted by molar-refractivity contribution is 5.92. The summed E-state index contributed by atoms with van der Waals surface area (Å²) in [6.45, 7) is 1.73. The Morgan fingerprint density at radius 2 is 2.20 bits per heavy atom. The van der Waals surface area contributed by atoms with Crippen LogP contribution in [-0.4, -0.2) is 41.5 Å². The maximum absolute atomic E-state index is 11.8. The first-order valence-corrected chi connectivity index (χ1v) is 6.21. The lowest BCUT2D eigenvalue weighted by molar-refractivity contribution is -0.143. The topological polar surface area (TPSA) is 93.4 Å². The fraction of sp³-hybridized carbons (Fsp3) is 0.357. The molecular weight excluding hydrogens is 258 g/mol. The number of carboxylic acid groups (broad SMARTS) is 1. The number of carbonyl (C=O) groups is 2. The molecule has 2 N–H and O–H groups in total. The second kappa shape index (κ2) is 7.26. The van der Waals surface area contributed by atoms with E-state index >= 15 is 0 Å². The molecule has 0 fully saturated rings. The van der Waals surface area contributed by atoms with Gasteiger partial charge in [0.1, 0.15) is 6.04 Å². The zero-order valence-electron chi connectivity index (χ0n) is 11.5. The van der Waals surface area contributed by atoms with Crippen molar-refractivity contribution in [3.63, 3.8) is 0 Å². The van der Waals surface area contributed by atoms with E-state index in [9.17, 15) is 9.59 Å². The number of nitriles is 1. The smallest absolute Gasteiger partial charge is 0.320 e. The predicted molar refractivity (Wildman–Crippen MR) is 74.1 cm³/mol. The molecule has 20 heavy (non-hydrogen) atoms. The highest BCUT2D eigenvalue weighted by atomic mass is 16.4. The summed E-state index contributed by atoms with van der Waals surface area (Å²) in [6, 6.07) is 7.84. The van der Waals surface area contributed by atoms with E-state index < -0.39 is 12.0 Å². The molecule has 0 spiro atoms. The highest BCUT2D eigenvalue weighted by Crippen LogP contribution is 2.10. The standard InChI is InChI=1S/C14H17N3O3/c1-3-12(14(19)20)17(2)9-13(18)16-11-6-4-5-10(7-11)8-15/h4-7,12H,3,9H2,1-2H3,(H,16,18)(H,19,20). The van der Waals surface area contributed by atoms with Crippen LogP contribution in [0.15, 0.2) is 24.3 Å². The van der Waals surface area contributed by atoms with Crippen LogP contribution in [0, 0.1) is 11.3 Å². The van der Waals surface area contributed by atoms with E-state index in [1.807, 2.05) is 6.07 Å². The van der Waals surface area contributed by atoms with Crippen molar-refractivity contribution in [3.05, 3.63) is 29.8 Å². The number of hydrogen-bond acceptors (Lipinski definition) is 4. The predicted octanol–water partition coefficient (Wildman–Crippen LogP) is 1.29. The molecule has 6 heteroatoms. The molecule has 1 unspecified atom stereocenters. The molecule has 1 aromatic carbocycles. The number of hydrogen-bond donors (Lipinski definition) is 2. The number of likely N-dealkylation sites (N-methyl/N-ethyl adjacent to an activating group) is 1. The van der Waals surface area contributed by atoms with Crippen LogP contribution in [0.4, 0.5) is 5.69 Å². The molecule has 106 valence electrons. The molecule has 1 rings (SSSR count). The van der Waals surface area contributed by atoms with E-state index in [0.29, 0.717) is 17.7 Å². The molecule has 6 nitrogen and oxygen atoms in total. The number of benzene rings is 1. The third-order valence-corrected chi connectivity index (χ3v) is 2.87. The normalized spacial score (nSPS) is 11.7. The zero-order chi connectivity index (χ0) is 15.1. The molecule has 1 aromatic rings. The molecule has 0 heterocycles. The summed E-state index contributed by atoms with van der Waals surface area (Å²) < 4.78 is 0. The molecule has 0 aliphatic rings. The van der Waals surface area contributed by atoms with Crippen molar-refractivity contribution >= 4 is 17.6 Å². The van der Waals surface area contributed by atoms with Gasteiger partial charge >= 0.3 is 5.97 Å². The van der Waals surface area contributed by atoms with Crippen molar-refractivity contribution in [1.29, 1.82) is 5.26 Å². The molecule has 0 bridgehead atoms. The first-order chi connectivity index (χ1) is 9.47. The van der Waals surface area contributed by atoms with Gasteiger partial charge in [-0.3, -0.25) is 14.5 Å². The first kappa shape index (κ1) is 15.7. The van der Waals surface area contributed by atoms with E-state index in [1.165, 1.54) is 4.90 Å². The Morgan fingerprint density at radius 1 is 1.50 bits per heavy atom. The summed E-state index contributed by atoms with van der Waals surface area (Å²) in [5, 5.41) is 20.4. The van der Waals surface area contributed by atoms with Gasteiger partial charge in [0.15, 0.2) is 0 Å². The Balaban J connectivity index is 2.63. The molecule has 0 aromatic heterocycles. The Morgan fingerprint density at radius 3 is 2.75 bits per heavy atom. The monoisotopic (exact) mass is 275 g/mol. The summed E-state index contributed by atoms with van der Waals surface area (Å²) in [4.78, 5) is 24.3. The average molecular weight is 275 g/mol.